The van der Waals surface area contributed by atoms with E-state index in [0.717, 1.165) is 0 Å². The summed E-state index contributed by atoms with van der Waals surface area (Å²) in [4.78, 5) is 28.4. The van der Waals surface area contributed by atoms with E-state index in [2.05, 4.69) is 4.74 Å². The van der Waals surface area contributed by atoms with E-state index in [1.165, 1.54) is 9.47 Å². The molecule has 31 heavy (non-hydrogen) atoms. The molecule has 2 fully saturated rings. The van der Waals surface area contributed by atoms with Crippen molar-refractivity contribution in [2.75, 3.05) is 19.6 Å². The predicted octanol–water partition coefficient (Wildman–Crippen LogP) is 1.80. The number of H-pyrrole nitrogens is 1. The number of fused-ring (bicyclic) bond motifs is 1. The van der Waals surface area contributed by atoms with Gasteiger partial charge in [-0.25, -0.2) is 18.0 Å². The Labute approximate surface area is 173 Å². The number of hydrogen-bond donors (Lipinski definition) is 2. The van der Waals surface area contributed by atoms with Gasteiger partial charge in [-0.3, -0.25) is 19.2 Å². The van der Waals surface area contributed by atoms with Gasteiger partial charge in [0.05, 0.1) is 23.3 Å². The Balaban J connectivity index is 1.84. The average molecular weight is 450 g/mol. The lowest BCUT2D eigenvalue weighted by molar-refractivity contribution is -0.167. The second-order valence-electron chi connectivity index (χ2n) is 8.30. The second-order valence-corrected chi connectivity index (χ2v) is 8.30. The van der Waals surface area contributed by atoms with E-state index in [0.29, 0.717) is 12.8 Å². The molecule has 3 aliphatic rings. The zero-order valence-corrected chi connectivity index (χ0v) is 16.7. The smallest absolute Gasteiger partial charge is 0.330 e. The van der Waals surface area contributed by atoms with E-state index in [-0.39, 0.29) is 31.4 Å². The molecule has 4 rings (SSSR count). The number of allylic oxidation sites excluding steroid dienone is 1. The van der Waals surface area contributed by atoms with E-state index in [1.54, 1.807) is 6.92 Å². The highest BCUT2D eigenvalue weighted by Crippen LogP contribution is 2.46. The molecule has 7 nitrogen and oxygen atoms in total. The van der Waals surface area contributed by atoms with Gasteiger partial charge in [0.1, 0.15) is 5.83 Å². The summed E-state index contributed by atoms with van der Waals surface area (Å²) in [7, 11) is 0. The Morgan fingerprint density at radius 3 is 2.42 bits per heavy atom. The van der Waals surface area contributed by atoms with Crippen molar-refractivity contribution in [3.63, 3.8) is 0 Å². The second kappa shape index (κ2) is 8.14. The van der Waals surface area contributed by atoms with Gasteiger partial charge in [-0.05, 0) is 19.4 Å². The average Bonchev–Trinajstić information content (AvgIpc) is 3.43. The summed E-state index contributed by atoms with van der Waals surface area (Å²) in [6.07, 6.45) is -3.03. The van der Waals surface area contributed by atoms with Crippen LogP contribution in [0, 0.1) is 5.92 Å². The third-order valence-electron chi connectivity index (χ3n) is 6.39. The van der Waals surface area contributed by atoms with Crippen molar-refractivity contribution >= 4 is 5.57 Å². The largest absolute Gasteiger partial charge is 0.345 e. The van der Waals surface area contributed by atoms with Crippen molar-refractivity contribution in [3.05, 3.63) is 37.9 Å². The lowest BCUT2D eigenvalue weighted by Crippen LogP contribution is -2.46. The topological polar surface area (TPSA) is 93.4 Å². The summed E-state index contributed by atoms with van der Waals surface area (Å²) < 4.78 is 74.8. The first-order valence-corrected chi connectivity index (χ1v) is 10.1. The maximum atomic E-state index is 15.5. The Kier molecular flexibility index (Phi) is 5.81. The van der Waals surface area contributed by atoms with Crippen LogP contribution in [0.2, 0.25) is 0 Å². The zero-order valence-electron chi connectivity index (χ0n) is 16.7. The maximum Gasteiger partial charge on any atom is 0.345 e. The molecule has 0 aromatic carbocycles. The summed E-state index contributed by atoms with van der Waals surface area (Å²) in [5.41, 5.74) is 2.35. The molecule has 0 amide bonds. The number of alkyl halides is 4. The van der Waals surface area contributed by atoms with E-state index >= 15 is 4.39 Å². The van der Waals surface area contributed by atoms with Gasteiger partial charge in [-0.2, -0.15) is 8.78 Å². The number of halogens is 5. The fraction of sp³-hybridized carbons (Fsp3) is 0.684. The number of aromatic amines is 1. The van der Waals surface area contributed by atoms with E-state index in [1.807, 2.05) is 4.98 Å². The van der Waals surface area contributed by atoms with Gasteiger partial charge in [0.25, 0.3) is 12.0 Å². The SMILES string of the molecule is CC1c2c(c(=O)[nH]c(=O)n2C2CC2)C(C(F)F)=C(F)C1N1CC(CN)C(OC(F)F)C1. The van der Waals surface area contributed by atoms with E-state index in [9.17, 15) is 27.2 Å². The number of nitrogens with zero attached hydrogens (tertiary/aromatic N) is 2. The molecule has 2 heterocycles. The molecular weight excluding hydrogens is 427 g/mol. The predicted molar refractivity (Wildman–Crippen MR) is 101 cm³/mol. The van der Waals surface area contributed by atoms with Gasteiger partial charge in [0, 0.05) is 36.7 Å². The molecule has 4 atom stereocenters. The number of ether oxygens (including phenoxy) is 1. The highest BCUT2D eigenvalue weighted by Gasteiger charge is 2.48. The Bertz CT molecular complexity index is 1000. The Morgan fingerprint density at radius 1 is 1.19 bits per heavy atom. The minimum Gasteiger partial charge on any atom is -0.330 e. The van der Waals surface area contributed by atoms with Crippen molar-refractivity contribution < 1.29 is 26.7 Å². The van der Waals surface area contributed by atoms with Crippen LogP contribution >= 0.6 is 0 Å². The summed E-state index contributed by atoms with van der Waals surface area (Å²) in [6, 6.07) is -1.52. The summed E-state index contributed by atoms with van der Waals surface area (Å²) in [5, 5.41) is 0. The van der Waals surface area contributed by atoms with Gasteiger partial charge in [-0.15, -0.1) is 0 Å². The van der Waals surface area contributed by atoms with Crippen LogP contribution in [0.25, 0.3) is 5.57 Å². The molecule has 0 bridgehead atoms. The molecular formula is C19H23F5N4O3. The first-order chi connectivity index (χ1) is 14.6. The van der Waals surface area contributed by atoms with Crippen LogP contribution in [0.4, 0.5) is 22.0 Å². The van der Waals surface area contributed by atoms with Crippen LogP contribution in [0.1, 0.15) is 43.0 Å². The fourth-order valence-corrected chi connectivity index (χ4v) is 4.92. The van der Waals surface area contributed by atoms with Gasteiger partial charge >= 0.3 is 12.3 Å². The number of nitrogens with one attached hydrogen (secondary N) is 1. The molecule has 1 aliphatic heterocycles. The lowest BCUT2D eigenvalue weighted by Gasteiger charge is -2.38. The minimum absolute atomic E-state index is 0.00887. The summed E-state index contributed by atoms with van der Waals surface area (Å²) in [6.45, 7) is -1.61. The standard InChI is InChI=1S/C19H23F5N4O3/c1-7-14-12(17(29)26-19(30)28(14)9-2-3-9)11(16(21)22)13(20)15(7)27-5-8(4-25)10(6-27)31-18(23)24/h7-10,15-16,18H,2-6,25H2,1H3,(H,26,29,30). The van der Waals surface area contributed by atoms with Crippen molar-refractivity contribution in [3.8, 4) is 0 Å². The highest BCUT2D eigenvalue weighted by atomic mass is 19.3. The number of hydrogen-bond acceptors (Lipinski definition) is 5. The Hall–Kier alpha value is -2.05. The third-order valence-corrected chi connectivity index (χ3v) is 6.39. The maximum absolute atomic E-state index is 15.5. The molecule has 172 valence electrons. The molecule has 1 saturated heterocycles. The van der Waals surface area contributed by atoms with Crippen LogP contribution in [-0.2, 0) is 4.74 Å². The highest BCUT2D eigenvalue weighted by molar-refractivity contribution is 5.74. The van der Waals surface area contributed by atoms with Gasteiger partial charge in [0.15, 0.2) is 0 Å². The van der Waals surface area contributed by atoms with Crippen molar-refractivity contribution in [1.82, 2.24) is 14.5 Å². The summed E-state index contributed by atoms with van der Waals surface area (Å²) >= 11 is 0. The number of nitrogens with two attached hydrogens (primary N) is 1. The van der Waals surface area contributed by atoms with Crippen LogP contribution in [0.5, 0.6) is 0 Å². The zero-order chi connectivity index (χ0) is 22.6. The monoisotopic (exact) mass is 450 g/mol. The van der Waals surface area contributed by atoms with Crippen LogP contribution < -0.4 is 17.0 Å². The van der Waals surface area contributed by atoms with Crippen LogP contribution in [0.15, 0.2) is 15.4 Å². The summed E-state index contributed by atoms with van der Waals surface area (Å²) in [5.74, 6) is -2.60. The van der Waals surface area contributed by atoms with Crippen molar-refractivity contribution in [1.29, 1.82) is 0 Å². The molecule has 0 radical (unpaired) electrons. The number of rotatable bonds is 6. The third kappa shape index (κ3) is 3.74. The normalized spacial score (nSPS) is 29.3. The van der Waals surface area contributed by atoms with E-state index in [4.69, 9.17) is 5.73 Å². The first kappa shape index (κ1) is 22.2. The van der Waals surface area contributed by atoms with Gasteiger partial charge in [0.2, 0.25) is 0 Å². The van der Waals surface area contributed by atoms with Gasteiger partial charge in [-0.1, -0.05) is 6.92 Å². The Morgan fingerprint density at radius 2 is 1.87 bits per heavy atom. The molecule has 3 N–H and O–H groups in total. The van der Waals surface area contributed by atoms with Crippen molar-refractivity contribution in [2.45, 2.75) is 56.9 Å². The van der Waals surface area contributed by atoms with Crippen LogP contribution in [0.3, 0.4) is 0 Å². The fourth-order valence-electron chi connectivity index (χ4n) is 4.92. The van der Waals surface area contributed by atoms with E-state index < -0.39 is 65.2 Å². The molecule has 1 aromatic heterocycles. The molecule has 1 aromatic rings. The van der Waals surface area contributed by atoms with Crippen molar-refractivity contribution in [2.24, 2.45) is 11.7 Å². The first-order valence-electron chi connectivity index (χ1n) is 10.1. The number of aromatic nitrogens is 2. The molecule has 1 saturated carbocycles. The molecule has 2 aliphatic carbocycles. The lowest BCUT2D eigenvalue weighted by atomic mass is 9.82. The van der Waals surface area contributed by atoms with Crippen LogP contribution in [-0.4, -0.2) is 59.3 Å². The minimum atomic E-state index is -3.30. The number of likely N-dealkylation sites (tertiary alicyclic amines) is 1. The quantitative estimate of drug-likeness (QED) is 0.645. The molecule has 4 unspecified atom stereocenters. The van der Waals surface area contributed by atoms with Gasteiger partial charge < -0.3 is 10.5 Å². The molecule has 0 spiro atoms. The molecule has 12 heteroatoms.